The summed E-state index contributed by atoms with van der Waals surface area (Å²) in [6.45, 7) is 7.16. The lowest BCUT2D eigenvalue weighted by Gasteiger charge is -2.07. The van der Waals surface area contributed by atoms with Gasteiger partial charge in [-0.1, -0.05) is 31.7 Å². The van der Waals surface area contributed by atoms with Gasteiger partial charge in [0.05, 0.1) is 6.54 Å². The van der Waals surface area contributed by atoms with Crippen LogP contribution in [0.15, 0.2) is 22.7 Å². The van der Waals surface area contributed by atoms with Gasteiger partial charge in [0.25, 0.3) is 0 Å². The number of thiophene rings is 1. The number of nitrogens with one attached hydrogen (secondary N) is 1. The Labute approximate surface area is 128 Å². The molecule has 0 atom stereocenters. The zero-order chi connectivity index (χ0) is 14.2. The lowest BCUT2D eigenvalue weighted by atomic mass is 10.2. The van der Waals surface area contributed by atoms with E-state index in [1.807, 2.05) is 4.68 Å². The van der Waals surface area contributed by atoms with Crippen molar-refractivity contribution in [3.63, 3.8) is 0 Å². The summed E-state index contributed by atoms with van der Waals surface area (Å²) in [6.07, 6.45) is 1.07. The highest BCUT2D eigenvalue weighted by molar-refractivity contribution is 7.99. The maximum atomic E-state index is 4.09. The molecule has 2 aromatic heterocycles. The molecule has 0 aliphatic carbocycles. The molecule has 2 heterocycles. The maximum absolute atomic E-state index is 4.09. The number of tetrazole rings is 1. The summed E-state index contributed by atoms with van der Waals surface area (Å²) in [5.74, 6) is 1.68. The second kappa shape index (κ2) is 8.39. The summed E-state index contributed by atoms with van der Waals surface area (Å²) in [5.41, 5.74) is 0. The first-order valence-corrected chi connectivity index (χ1v) is 8.74. The molecule has 2 aromatic rings. The topological polar surface area (TPSA) is 55.6 Å². The van der Waals surface area contributed by atoms with Crippen LogP contribution >= 0.6 is 23.1 Å². The van der Waals surface area contributed by atoms with Gasteiger partial charge in [0.15, 0.2) is 0 Å². The molecule has 0 aliphatic heterocycles. The minimum atomic E-state index is 0.670. The van der Waals surface area contributed by atoms with Gasteiger partial charge in [-0.2, -0.15) is 0 Å². The average molecular weight is 311 g/mol. The maximum Gasteiger partial charge on any atom is 0.209 e. The van der Waals surface area contributed by atoms with Crippen molar-refractivity contribution in [2.75, 3.05) is 18.8 Å². The SMILES string of the molecule is CC(C)CNCCn1nnnc1SCCc1cccs1. The van der Waals surface area contributed by atoms with Crippen LogP contribution in [0, 0.1) is 5.92 Å². The molecule has 0 aliphatic rings. The van der Waals surface area contributed by atoms with Crippen LogP contribution in [0.5, 0.6) is 0 Å². The fraction of sp³-hybridized carbons (Fsp3) is 0.615. The molecule has 0 saturated heterocycles. The first kappa shape index (κ1) is 15.5. The van der Waals surface area contributed by atoms with Crippen molar-refractivity contribution in [1.29, 1.82) is 0 Å². The van der Waals surface area contributed by atoms with Crippen molar-refractivity contribution in [1.82, 2.24) is 25.5 Å². The van der Waals surface area contributed by atoms with Crippen molar-refractivity contribution in [2.24, 2.45) is 5.92 Å². The van der Waals surface area contributed by atoms with E-state index in [4.69, 9.17) is 0 Å². The molecule has 0 radical (unpaired) electrons. The zero-order valence-electron chi connectivity index (χ0n) is 12.0. The monoisotopic (exact) mass is 311 g/mol. The summed E-state index contributed by atoms with van der Waals surface area (Å²) >= 11 is 3.52. The molecule has 110 valence electrons. The Balaban J connectivity index is 1.71. The number of thioether (sulfide) groups is 1. The lowest BCUT2D eigenvalue weighted by Crippen LogP contribution is -2.24. The van der Waals surface area contributed by atoms with Crippen molar-refractivity contribution in [3.8, 4) is 0 Å². The minimum absolute atomic E-state index is 0.670. The van der Waals surface area contributed by atoms with Gasteiger partial charge in [0.2, 0.25) is 5.16 Å². The van der Waals surface area contributed by atoms with Crippen LogP contribution in [0.4, 0.5) is 0 Å². The van der Waals surface area contributed by atoms with Crippen LogP contribution in [0.25, 0.3) is 0 Å². The smallest absolute Gasteiger partial charge is 0.209 e. The summed E-state index contributed by atoms with van der Waals surface area (Å²) in [4.78, 5) is 1.41. The fourth-order valence-electron chi connectivity index (χ4n) is 1.71. The summed E-state index contributed by atoms with van der Waals surface area (Å²) in [5, 5.41) is 18.3. The van der Waals surface area contributed by atoms with E-state index in [1.165, 1.54) is 4.88 Å². The molecule has 5 nitrogen and oxygen atoms in total. The highest BCUT2D eigenvalue weighted by Gasteiger charge is 2.06. The largest absolute Gasteiger partial charge is 0.315 e. The summed E-state index contributed by atoms with van der Waals surface area (Å²) in [6, 6.07) is 4.26. The van der Waals surface area contributed by atoms with Gasteiger partial charge in [-0.25, -0.2) is 4.68 Å². The second-order valence-electron chi connectivity index (χ2n) is 4.96. The Kier molecular flexibility index (Phi) is 6.49. The fourth-order valence-corrected chi connectivity index (χ4v) is 3.43. The van der Waals surface area contributed by atoms with Crippen molar-refractivity contribution < 1.29 is 0 Å². The molecule has 0 aromatic carbocycles. The van der Waals surface area contributed by atoms with Gasteiger partial charge < -0.3 is 5.32 Å². The van der Waals surface area contributed by atoms with Gasteiger partial charge in [-0.05, 0) is 40.8 Å². The highest BCUT2D eigenvalue weighted by Crippen LogP contribution is 2.17. The quantitative estimate of drug-likeness (QED) is 0.569. The average Bonchev–Trinajstić information content (AvgIpc) is 3.06. The van der Waals surface area contributed by atoms with E-state index in [-0.39, 0.29) is 0 Å². The molecule has 0 bridgehead atoms. The highest BCUT2D eigenvalue weighted by atomic mass is 32.2. The van der Waals surface area contributed by atoms with Gasteiger partial charge in [0.1, 0.15) is 0 Å². The van der Waals surface area contributed by atoms with Crippen LogP contribution in [0.2, 0.25) is 0 Å². The van der Waals surface area contributed by atoms with Crippen LogP contribution in [-0.4, -0.2) is 39.0 Å². The Hall–Kier alpha value is -0.920. The molecule has 0 unspecified atom stereocenters. The first-order valence-electron chi connectivity index (χ1n) is 6.88. The van der Waals surface area contributed by atoms with Crippen molar-refractivity contribution in [3.05, 3.63) is 22.4 Å². The third kappa shape index (κ3) is 5.22. The van der Waals surface area contributed by atoms with E-state index >= 15 is 0 Å². The summed E-state index contributed by atoms with van der Waals surface area (Å²) in [7, 11) is 0. The number of aromatic nitrogens is 4. The lowest BCUT2D eigenvalue weighted by molar-refractivity contribution is 0.482. The van der Waals surface area contributed by atoms with E-state index in [0.29, 0.717) is 5.92 Å². The van der Waals surface area contributed by atoms with Crippen LogP contribution in [-0.2, 0) is 13.0 Å². The number of rotatable bonds is 9. The molecule has 0 fully saturated rings. The van der Waals surface area contributed by atoms with Crippen LogP contribution < -0.4 is 5.32 Å². The number of aryl methyl sites for hydroxylation is 1. The van der Waals surface area contributed by atoms with Crippen LogP contribution in [0.1, 0.15) is 18.7 Å². The molecule has 0 saturated carbocycles. The molecule has 7 heteroatoms. The molecule has 0 spiro atoms. The number of hydrogen-bond donors (Lipinski definition) is 1. The normalized spacial score (nSPS) is 11.3. The third-order valence-corrected chi connectivity index (χ3v) is 4.61. The Bertz CT molecular complexity index is 481. The van der Waals surface area contributed by atoms with Gasteiger partial charge >= 0.3 is 0 Å². The van der Waals surface area contributed by atoms with Gasteiger partial charge in [0, 0.05) is 17.2 Å². The predicted molar refractivity (Wildman–Crippen MR) is 84.3 cm³/mol. The van der Waals surface area contributed by atoms with Crippen molar-refractivity contribution in [2.45, 2.75) is 32.0 Å². The standard InChI is InChI=1S/C13H21N5S2/c1-11(2)10-14-6-7-18-13(15-16-17-18)20-9-5-12-4-3-8-19-12/h3-4,8,11,14H,5-7,9-10H2,1-2H3. The second-order valence-corrected chi connectivity index (χ2v) is 7.05. The number of nitrogens with zero attached hydrogens (tertiary/aromatic N) is 4. The molecule has 1 N–H and O–H groups in total. The zero-order valence-corrected chi connectivity index (χ0v) is 13.6. The van der Waals surface area contributed by atoms with E-state index < -0.39 is 0 Å². The third-order valence-electron chi connectivity index (χ3n) is 2.71. The number of hydrogen-bond acceptors (Lipinski definition) is 6. The first-order chi connectivity index (χ1) is 9.75. The van der Waals surface area contributed by atoms with E-state index in [0.717, 1.165) is 37.0 Å². The van der Waals surface area contributed by atoms with E-state index in [1.54, 1.807) is 23.1 Å². The minimum Gasteiger partial charge on any atom is -0.315 e. The van der Waals surface area contributed by atoms with Crippen molar-refractivity contribution >= 4 is 23.1 Å². The molecular formula is C13H21N5S2. The Morgan fingerprint density at radius 2 is 2.35 bits per heavy atom. The van der Waals surface area contributed by atoms with E-state index in [9.17, 15) is 0 Å². The Morgan fingerprint density at radius 3 is 3.10 bits per heavy atom. The molecule has 0 amide bonds. The summed E-state index contributed by atoms with van der Waals surface area (Å²) < 4.78 is 1.88. The molecule has 2 rings (SSSR count). The molecular weight excluding hydrogens is 290 g/mol. The van der Waals surface area contributed by atoms with E-state index in [2.05, 4.69) is 52.2 Å². The molecule has 20 heavy (non-hydrogen) atoms. The Morgan fingerprint density at radius 1 is 1.45 bits per heavy atom. The van der Waals surface area contributed by atoms with Crippen LogP contribution in [0.3, 0.4) is 0 Å². The van der Waals surface area contributed by atoms with Gasteiger partial charge in [-0.3, -0.25) is 0 Å². The van der Waals surface area contributed by atoms with Gasteiger partial charge in [-0.15, -0.1) is 16.4 Å². The predicted octanol–water partition coefficient (Wildman–Crippen LogP) is 2.31.